The number of methoxy groups -OCH3 is 1. The van der Waals surface area contributed by atoms with Gasteiger partial charge in [0.15, 0.2) is 11.4 Å². The largest absolute Gasteiger partial charge is 0.494 e. The first kappa shape index (κ1) is 31.7. The first-order valence-corrected chi connectivity index (χ1v) is 14.5. The number of amides is 2. The predicted octanol–water partition coefficient (Wildman–Crippen LogP) is 4.67. The predicted molar refractivity (Wildman–Crippen MR) is 151 cm³/mol. The number of carbonyl (C=O) groups excluding carboxylic acids is 2. The molecule has 3 heterocycles. The van der Waals surface area contributed by atoms with Crippen LogP contribution < -0.4 is 20.5 Å². The highest BCUT2D eigenvalue weighted by Gasteiger charge is 2.69. The minimum Gasteiger partial charge on any atom is -0.494 e. The number of hydrogen-bond acceptors (Lipinski definition) is 7. The standard InChI is InChI=1S/C31H24F7N5O5/c1-47-19-8-14(6-15-11-43(27(33)34)42-22(15)19)25(44)40-12-30(46,28(35)4-5-28)20-9-17-24(48-21-10-29(17,21)26(39)45)23(41-20)13-2-3-18(32)16(7-13)31(36,37)38/h2-3,6-9,11,21,27,46H,4-5,10,12H2,1H3,(H2,39,45)(H,40,44)/t21?,29-,30?/m1/s1. The molecule has 17 heteroatoms. The van der Waals surface area contributed by atoms with E-state index < -0.39 is 70.9 Å². The number of aromatic nitrogens is 3. The van der Waals surface area contributed by atoms with E-state index in [0.717, 1.165) is 12.3 Å². The van der Waals surface area contributed by atoms with Crippen LogP contribution in [0.25, 0.3) is 22.2 Å². The molecule has 2 fully saturated rings. The van der Waals surface area contributed by atoms with E-state index in [0.29, 0.717) is 16.8 Å². The van der Waals surface area contributed by atoms with E-state index in [9.17, 15) is 41.0 Å². The summed E-state index contributed by atoms with van der Waals surface area (Å²) in [5.41, 5.74) is -3.45. The van der Waals surface area contributed by atoms with Crippen molar-refractivity contribution < 1.29 is 54.9 Å². The fourth-order valence-corrected chi connectivity index (χ4v) is 6.30. The van der Waals surface area contributed by atoms with Gasteiger partial charge in [0.05, 0.1) is 24.9 Å². The number of nitrogens with two attached hydrogens (primary N) is 1. The summed E-state index contributed by atoms with van der Waals surface area (Å²) in [6.07, 6.45) is -5.16. The Bertz CT molecular complexity index is 2030. The topological polar surface area (TPSA) is 142 Å². The Morgan fingerprint density at radius 2 is 1.94 bits per heavy atom. The Kier molecular flexibility index (Phi) is 6.78. The highest BCUT2D eigenvalue weighted by molar-refractivity contribution is 6.00. The molecular weight excluding hydrogens is 655 g/mol. The molecule has 0 saturated heterocycles. The summed E-state index contributed by atoms with van der Waals surface area (Å²) in [7, 11) is 1.24. The molecule has 2 aliphatic carbocycles. The number of pyridine rings is 1. The zero-order chi connectivity index (χ0) is 34.6. The molecule has 4 aromatic rings. The molecule has 0 radical (unpaired) electrons. The van der Waals surface area contributed by atoms with Crippen LogP contribution in [-0.2, 0) is 22.0 Å². The fraction of sp³-hybridized carbons (Fsp3) is 0.355. The van der Waals surface area contributed by atoms with Gasteiger partial charge < -0.3 is 25.6 Å². The van der Waals surface area contributed by atoms with Crippen molar-refractivity contribution in [3.63, 3.8) is 0 Å². The smallest absolute Gasteiger partial charge is 0.419 e. The normalized spacial score (nSPS) is 21.7. The van der Waals surface area contributed by atoms with Crippen molar-refractivity contribution in [2.75, 3.05) is 13.7 Å². The molecule has 4 N–H and O–H groups in total. The molecule has 3 aliphatic rings. The summed E-state index contributed by atoms with van der Waals surface area (Å²) in [6, 6.07) is 5.67. The summed E-state index contributed by atoms with van der Waals surface area (Å²) < 4.78 is 109. The fourth-order valence-electron chi connectivity index (χ4n) is 6.30. The number of hydrogen-bond donors (Lipinski definition) is 3. The summed E-state index contributed by atoms with van der Waals surface area (Å²) in [5, 5.41) is 18.3. The number of ether oxygens (including phenoxy) is 2. The molecule has 48 heavy (non-hydrogen) atoms. The average molecular weight is 680 g/mol. The van der Waals surface area contributed by atoms with Gasteiger partial charge in [-0.1, -0.05) is 0 Å². The van der Waals surface area contributed by atoms with Crippen molar-refractivity contribution >= 4 is 22.7 Å². The molecule has 2 unspecified atom stereocenters. The maximum absolute atomic E-state index is 16.1. The number of nitrogens with one attached hydrogen (secondary N) is 1. The van der Waals surface area contributed by atoms with Crippen molar-refractivity contribution in [3.05, 3.63) is 70.8 Å². The van der Waals surface area contributed by atoms with Gasteiger partial charge in [-0.2, -0.15) is 27.1 Å². The van der Waals surface area contributed by atoms with Gasteiger partial charge >= 0.3 is 12.7 Å². The van der Waals surface area contributed by atoms with Crippen molar-refractivity contribution in [1.29, 1.82) is 0 Å². The van der Waals surface area contributed by atoms with Crippen LogP contribution in [0.2, 0.25) is 0 Å². The minimum absolute atomic E-state index is 0.0188. The summed E-state index contributed by atoms with van der Waals surface area (Å²) in [4.78, 5) is 30.3. The second kappa shape index (κ2) is 10.3. The van der Waals surface area contributed by atoms with E-state index in [2.05, 4.69) is 15.4 Å². The Morgan fingerprint density at radius 1 is 1.21 bits per heavy atom. The second-order valence-electron chi connectivity index (χ2n) is 12.1. The molecule has 2 aromatic heterocycles. The lowest BCUT2D eigenvalue weighted by molar-refractivity contribution is -0.140. The van der Waals surface area contributed by atoms with Gasteiger partial charge in [-0.25, -0.2) is 18.4 Å². The van der Waals surface area contributed by atoms with E-state index in [1.165, 1.54) is 25.3 Å². The van der Waals surface area contributed by atoms with Crippen molar-refractivity contribution in [1.82, 2.24) is 20.1 Å². The molecule has 10 nitrogen and oxygen atoms in total. The van der Waals surface area contributed by atoms with Crippen LogP contribution in [0.4, 0.5) is 30.7 Å². The maximum atomic E-state index is 16.1. The van der Waals surface area contributed by atoms with Gasteiger partial charge in [0.1, 0.15) is 40.0 Å². The molecule has 0 bridgehead atoms. The Morgan fingerprint density at radius 3 is 2.56 bits per heavy atom. The van der Waals surface area contributed by atoms with Crippen molar-refractivity contribution in [3.8, 4) is 22.8 Å². The summed E-state index contributed by atoms with van der Waals surface area (Å²) >= 11 is 0. The van der Waals surface area contributed by atoms with Gasteiger partial charge in [-0.05, 0) is 49.2 Å². The molecule has 0 spiro atoms. The summed E-state index contributed by atoms with van der Waals surface area (Å²) in [5.74, 6) is -3.42. The third kappa shape index (κ3) is 4.65. The number of aliphatic hydroxyl groups is 1. The number of rotatable bonds is 9. The molecule has 2 saturated carbocycles. The van der Waals surface area contributed by atoms with Gasteiger partial charge in [-0.3, -0.25) is 9.59 Å². The highest BCUT2D eigenvalue weighted by atomic mass is 19.4. The highest BCUT2D eigenvalue weighted by Crippen LogP contribution is 2.62. The van der Waals surface area contributed by atoms with E-state index in [1.54, 1.807) is 0 Å². The van der Waals surface area contributed by atoms with Gasteiger partial charge in [-0.15, -0.1) is 0 Å². The van der Waals surface area contributed by atoms with Crippen LogP contribution in [0.15, 0.2) is 42.6 Å². The van der Waals surface area contributed by atoms with E-state index >= 15 is 4.39 Å². The van der Waals surface area contributed by atoms with Crippen LogP contribution in [-0.4, -0.2) is 57.1 Å². The molecule has 252 valence electrons. The van der Waals surface area contributed by atoms with Crippen LogP contribution in [0.3, 0.4) is 0 Å². The average Bonchev–Trinajstić information content (AvgIpc) is 3.88. The third-order valence-corrected chi connectivity index (χ3v) is 9.23. The van der Waals surface area contributed by atoms with Crippen LogP contribution in [0.5, 0.6) is 11.5 Å². The number of alkyl halides is 6. The molecule has 1 aliphatic heterocycles. The van der Waals surface area contributed by atoms with Crippen LogP contribution in [0.1, 0.15) is 53.0 Å². The zero-order valence-electron chi connectivity index (χ0n) is 24.7. The number of fused-ring (bicyclic) bond motifs is 4. The van der Waals surface area contributed by atoms with E-state index in [-0.39, 0.29) is 64.0 Å². The number of nitrogens with zero attached hydrogens (tertiary/aromatic N) is 3. The maximum Gasteiger partial charge on any atom is 0.419 e. The lowest BCUT2D eigenvalue weighted by Gasteiger charge is -2.32. The van der Waals surface area contributed by atoms with Crippen molar-refractivity contribution in [2.45, 2.75) is 54.8 Å². The lowest BCUT2D eigenvalue weighted by Crippen LogP contribution is -2.49. The number of primary amides is 1. The Labute approximate surface area is 265 Å². The minimum atomic E-state index is -5.09. The first-order valence-electron chi connectivity index (χ1n) is 14.5. The zero-order valence-corrected chi connectivity index (χ0v) is 24.7. The van der Waals surface area contributed by atoms with Crippen LogP contribution in [0, 0.1) is 5.82 Å². The van der Waals surface area contributed by atoms with E-state index in [4.69, 9.17) is 15.2 Å². The molecule has 7 rings (SSSR count). The molecule has 2 aromatic carbocycles. The van der Waals surface area contributed by atoms with Gasteiger partial charge in [0, 0.05) is 34.7 Å². The number of benzene rings is 2. The van der Waals surface area contributed by atoms with Gasteiger partial charge in [0.25, 0.3) is 5.91 Å². The van der Waals surface area contributed by atoms with Crippen molar-refractivity contribution in [2.24, 2.45) is 5.73 Å². The quantitative estimate of drug-likeness (QED) is 0.219. The SMILES string of the molecule is COc1cc(C(=O)NCC(O)(c2cc3c(c(-c4ccc(F)c(C(F)(F)F)c4)n2)OC2C[C@@]32C(N)=O)C2(F)CC2)cc2cn(C(F)F)nc12. The molecular formula is C31H24F7N5O5. The summed E-state index contributed by atoms with van der Waals surface area (Å²) in [6.45, 7) is -3.80. The Balaban J connectivity index is 1.31. The first-order chi connectivity index (χ1) is 22.5. The monoisotopic (exact) mass is 679 g/mol. The third-order valence-electron chi connectivity index (χ3n) is 9.23. The Hall–Kier alpha value is -4.93. The number of carbonyl (C=O) groups is 2. The van der Waals surface area contributed by atoms with Crippen LogP contribution >= 0.6 is 0 Å². The molecule has 2 amide bonds. The molecule has 3 atom stereocenters. The lowest BCUT2D eigenvalue weighted by atomic mass is 9.86. The second-order valence-corrected chi connectivity index (χ2v) is 12.1. The number of halogens is 7. The van der Waals surface area contributed by atoms with E-state index in [1.807, 2.05) is 0 Å². The van der Waals surface area contributed by atoms with Gasteiger partial charge in [0.2, 0.25) is 5.91 Å².